The van der Waals surface area contributed by atoms with Gasteiger partial charge in [0.25, 0.3) is 0 Å². The second-order valence-corrected chi connectivity index (χ2v) is 7.71. The van der Waals surface area contributed by atoms with Crippen molar-refractivity contribution in [3.63, 3.8) is 0 Å². The van der Waals surface area contributed by atoms with Crippen LogP contribution in [0.2, 0.25) is 0 Å². The molecular formula is C18H27N7O. The van der Waals surface area contributed by atoms with E-state index in [1.54, 1.807) is 0 Å². The number of likely N-dealkylation sites (tertiary alicyclic amines) is 1. The van der Waals surface area contributed by atoms with E-state index in [9.17, 15) is 4.79 Å². The molecule has 8 heteroatoms. The predicted octanol–water partition coefficient (Wildman–Crippen LogP) is 0.844. The summed E-state index contributed by atoms with van der Waals surface area (Å²) >= 11 is 0. The van der Waals surface area contributed by atoms with E-state index >= 15 is 0 Å². The first-order chi connectivity index (χ1) is 12.5. The normalized spacial score (nSPS) is 21.8. The van der Waals surface area contributed by atoms with Gasteiger partial charge in [-0.05, 0) is 45.2 Å². The van der Waals surface area contributed by atoms with Gasteiger partial charge in [-0.2, -0.15) is 5.10 Å². The van der Waals surface area contributed by atoms with Gasteiger partial charge < -0.3 is 9.47 Å². The van der Waals surface area contributed by atoms with Crippen LogP contribution in [-0.2, 0) is 24.4 Å². The Balaban J connectivity index is 1.35. The average Bonchev–Trinajstić information content (AvgIpc) is 3.20. The number of nitrogens with zero attached hydrogens (tertiary/aromatic N) is 7. The van der Waals surface area contributed by atoms with Gasteiger partial charge in [0.2, 0.25) is 5.91 Å². The number of aromatic nitrogens is 5. The molecule has 1 fully saturated rings. The molecule has 2 aliphatic heterocycles. The van der Waals surface area contributed by atoms with Crippen molar-refractivity contribution < 1.29 is 4.79 Å². The van der Waals surface area contributed by atoms with Crippen LogP contribution in [0.15, 0.2) is 12.4 Å². The highest BCUT2D eigenvalue weighted by atomic mass is 16.2. The monoisotopic (exact) mass is 357 g/mol. The summed E-state index contributed by atoms with van der Waals surface area (Å²) in [7, 11) is 2.00. The molecule has 140 valence electrons. The van der Waals surface area contributed by atoms with Gasteiger partial charge in [-0.1, -0.05) is 0 Å². The molecule has 2 aliphatic rings. The Bertz CT molecular complexity index is 787. The van der Waals surface area contributed by atoms with Crippen LogP contribution >= 0.6 is 0 Å². The molecular weight excluding hydrogens is 330 g/mol. The van der Waals surface area contributed by atoms with Gasteiger partial charge in [-0.3, -0.25) is 14.4 Å². The van der Waals surface area contributed by atoms with Crippen LogP contribution in [0.1, 0.15) is 30.1 Å². The van der Waals surface area contributed by atoms with Crippen LogP contribution in [0.5, 0.6) is 0 Å². The summed E-state index contributed by atoms with van der Waals surface area (Å²) in [5.41, 5.74) is 1.20. The number of likely N-dealkylation sites (N-methyl/N-ethyl adjacent to an activating group) is 1. The van der Waals surface area contributed by atoms with Crippen molar-refractivity contribution in [2.45, 2.75) is 52.4 Å². The number of carbonyl (C=O) groups is 1. The van der Waals surface area contributed by atoms with E-state index in [-0.39, 0.29) is 11.9 Å². The molecule has 26 heavy (non-hydrogen) atoms. The Labute approximate surface area is 153 Å². The van der Waals surface area contributed by atoms with Crippen LogP contribution in [0.4, 0.5) is 0 Å². The number of rotatable bonds is 3. The van der Waals surface area contributed by atoms with Crippen molar-refractivity contribution in [2.75, 3.05) is 20.1 Å². The molecule has 0 N–H and O–H groups in total. The van der Waals surface area contributed by atoms with Crippen molar-refractivity contribution in [3.8, 4) is 0 Å². The molecule has 0 radical (unpaired) electrons. The molecule has 4 rings (SSSR count). The number of hydrogen-bond donors (Lipinski definition) is 0. The average molecular weight is 357 g/mol. The number of carbonyl (C=O) groups excluding carboxylic acids is 1. The Morgan fingerprint density at radius 1 is 1.23 bits per heavy atom. The third-order valence-corrected chi connectivity index (χ3v) is 5.71. The number of aryl methyl sites for hydroxylation is 2. The van der Waals surface area contributed by atoms with Crippen molar-refractivity contribution in [1.29, 1.82) is 0 Å². The van der Waals surface area contributed by atoms with E-state index < -0.39 is 0 Å². The molecule has 1 amide bonds. The SMILES string of the molecule is Cc1cnn(CC2CCN(C(=O)C3Cn4c(C)nnc4CN3C)CC2)c1. The summed E-state index contributed by atoms with van der Waals surface area (Å²) in [6.45, 7) is 7.95. The van der Waals surface area contributed by atoms with E-state index in [1.807, 2.05) is 29.7 Å². The lowest BCUT2D eigenvalue weighted by Gasteiger charge is -2.38. The Morgan fingerprint density at radius 3 is 2.69 bits per heavy atom. The van der Waals surface area contributed by atoms with Gasteiger partial charge in [0.15, 0.2) is 0 Å². The topological polar surface area (TPSA) is 72.1 Å². The first-order valence-corrected chi connectivity index (χ1v) is 9.38. The van der Waals surface area contributed by atoms with Crippen LogP contribution < -0.4 is 0 Å². The molecule has 0 saturated carbocycles. The molecule has 2 aromatic heterocycles. The molecule has 8 nitrogen and oxygen atoms in total. The van der Waals surface area contributed by atoms with Gasteiger partial charge in [-0.15, -0.1) is 10.2 Å². The fraction of sp³-hybridized carbons (Fsp3) is 0.667. The molecule has 1 atom stereocenters. The lowest BCUT2D eigenvalue weighted by atomic mass is 9.96. The molecule has 0 aliphatic carbocycles. The highest BCUT2D eigenvalue weighted by Gasteiger charge is 2.35. The third kappa shape index (κ3) is 3.25. The highest BCUT2D eigenvalue weighted by molar-refractivity contribution is 5.82. The number of amides is 1. The van der Waals surface area contributed by atoms with Crippen molar-refractivity contribution in [1.82, 2.24) is 34.3 Å². The zero-order valence-corrected chi connectivity index (χ0v) is 15.8. The number of fused-ring (bicyclic) bond motifs is 1. The van der Waals surface area contributed by atoms with Gasteiger partial charge in [0.05, 0.1) is 19.3 Å². The first kappa shape index (κ1) is 17.2. The summed E-state index contributed by atoms with van der Waals surface area (Å²) in [5.74, 6) is 2.66. The molecule has 0 bridgehead atoms. The maximum absolute atomic E-state index is 13.1. The summed E-state index contributed by atoms with van der Waals surface area (Å²) in [4.78, 5) is 17.2. The van der Waals surface area contributed by atoms with E-state index in [1.165, 1.54) is 5.56 Å². The largest absolute Gasteiger partial charge is 0.341 e. The van der Waals surface area contributed by atoms with Crippen LogP contribution in [0, 0.1) is 19.8 Å². The Morgan fingerprint density at radius 2 is 2.00 bits per heavy atom. The highest BCUT2D eigenvalue weighted by Crippen LogP contribution is 2.23. The van der Waals surface area contributed by atoms with Crippen molar-refractivity contribution in [2.24, 2.45) is 5.92 Å². The van der Waals surface area contributed by atoms with Gasteiger partial charge in [-0.25, -0.2) is 0 Å². The minimum atomic E-state index is -0.123. The fourth-order valence-electron chi connectivity index (χ4n) is 4.07. The number of piperidine rings is 1. The van der Waals surface area contributed by atoms with Crippen LogP contribution in [-0.4, -0.2) is 66.4 Å². The fourth-order valence-corrected chi connectivity index (χ4v) is 4.07. The maximum atomic E-state index is 13.1. The van der Waals surface area contributed by atoms with Crippen molar-refractivity contribution in [3.05, 3.63) is 29.6 Å². The summed E-state index contributed by atoms with van der Waals surface area (Å²) in [6.07, 6.45) is 6.07. The van der Waals surface area contributed by atoms with Gasteiger partial charge in [0.1, 0.15) is 17.7 Å². The van der Waals surface area contributed by atoms with Crippen molar-refractivity contribution >= 4 is 5.91 Å². The summed E-state index contributed by atoms with van der Waals surface area (Å²) in [6, 6.07) is -0.123. The maximum Gasteiger partial charge on any atom is 0.241 e. The molecule has 4 heterocycles. The zero-order chi connectivity index (χ0) is 18.3. The van der Waals surface area contributed by atoms with E-state index in [4.69, 9.17) is 0 Å². The molecule has 0 aromatic carbocycles. The molecule has 2 aromatic rings. The second kappa shape index (κ2) is 6.83. The predicted molar refractivity (Wildman–Crippen MR) is 96.3 cm³/mol. The molecule has 1 saturated heterocycles. The zero-order valence-electron chi connectivity index (χ0n) is 15.8. The first-order valence-electron chi connectivity index (χ1n) is 9.38. The quantitative estimate of drug-likeness (QED) is 0.814. The molecule has 1 unspecified atom stereocenters. The lowest BCUT2D eigenvalue weighted by Crippen LogP contribution is -2.53. The third-order valence-electron chi connectivity index (χ3n) is 5.71. The van der Waals surface area contributed by atoms with Gasteiger partial charge in [0, 0.05) is 25.8 Å². The standard InChI is InChI=1S/C18H27N7O/c1-13-8-19-24(9-13)10-15-4-6-23(7-5-15)18(26)16-11-25-14(2)20-21-17(25)12-22(16)3/h8-9,15-16H,4-7,10-12H2,1-3H3. The van der Waals surface area contributed by atoms with E-state index in [0.29, 0.717) is 19.0 Å². The summed E-state index contributed by atoms with van der Waals surface area (Å²) in [5, 5.41) is 12.7. The minimum Gasteiger partial charge on any atom is -0.341 e. The number of hydrogen-bond acceptors (Lipinski definition) is 5. The van der Waals surface area contributed by atoms with Crippen LogP contribution in [0.25, 0.3) is 0 Å². The Hall–Kier alpha value is -2.22. The molecule has 0 spiro atoms. The smallest absolute Gasteiger partial charge is 0.241 e. The second-order valence-electron chi connectivity index (χ2n) is 7.71. The van der Waals surface area contributed by atoms with Crippen LogP contribution in [0.3, 0.4) is 0 Å². The van der Waals surface area contributed by atoms with E-state index in [0.717, 1.165) is 44.1 Å². The van der Waals surface area contributed by atoms with Gasteiger partial charge >= 0.3 is 0 Å². The Kier molecular flexibility index (Phi) is 4.52. The minimum absolute atomic E-state index is 0.123. The van der Waals surface area contributed by atoms with E-state index in [2.05, 4.69) is 37.9 Å². The lowest BCUT2D eigenvalue weighted by molar-refractivity contribution is -0.139. The summed E-state index contributed by atoms with van der Waals surface area (Å²) < 4.78 is 4.11.